The van der Waals surface area contributed by atoms with Crippen LogP contribution in [0.5, 0.6) is 5.75 Å². The van der Waals surface area contributed by atoms with Gasteiger partial charge >= 0.3 is 5.97 Å². The van der Waals surface area contributed by atoms with E-state index in [-0.39, 0.29) is 11.8 Å². The van der Waals surface area contributed by atoms with Crippen LogP contribution < -0.4 is 4.74 Å². The zero-order valence-corrected chi connectivity index (χ0v) is 16.3. The minimum Gasteiger partial charge on any atom is -0.494 e. The van der Waals surface area contributed by atoms with Crippen molar-refractivity contribution in [3.05, 3.63) is 41.1 Å². The number of rotatable bonds is 6. The van der Waals surface area contributed by atoms with Crippen molar-refractivity contribution in [2.75, 3.05) is 13.2 Å². The second-order valence-electron chi connectivity index (χ2n) is 6.98. The maximum absolute atomic E-state index is 12.9. The van der Waals surface area contributed by atoms with E-state index in [2.05, 4.69) is 4.99 Å². The molecule has 1 aromatic rings. The van der Waals surface area contributed by atoms with E-state index in [9.17, 15) is 9.59 Å². The number of ether oxygens (including phenoxy) is 2. The van der Waals surface area contributed by atoms with E-state index in [1.54, 1.807) is 0 Å². The summed E-state index contributed by atoms with van der Waals surface area (Å²) in [5, 5.41) is 0. The van der Waals surface area contributed by atoms with E-state index < -0.39 is 11.8 Å². The number of allylic oxidation sites excluding steroid dienone is 1. The maximum Gasteiger partial charge on any atom is 0.336 e. The van der Waals surface area contributed by atoms with Gasteiger partial charge in [0.05, 0.1) is 24.7 Å². The number of carbonyl (C=O) groups is 2. The predicted octanol–water partition coefficient (Wildman–Crippen LogP) is 4.22. The van der Waals surface area contributed by atoms with Crippen molar-refractivity contribution >= 4 is 17.5 Å². The second kappa shape index (κ2) is 8.51. The number of hydrogen-bond acceptors (Lipinski definition) is 5. The molecule has 1 saturated carbocycles. The fraction of sp³-hybridized carbons (Fsp3) is 0.500. The molecular weight excluding hydrogens is 342 g/mol. The molecule has 1 heterocycles. The van der Waals surface area contributed by atoms with Gasteiger partial charge in [-0.25, -0.2) is 4.79 Å². The molecule has 144 valence electrons. The van der Waals surface area contributed by atoms with Gasteiger partial charge in [-0.2, -0.15) is 0 Å². The Morgan fingerprint density at radius 2 is 1.96 bits per heavy atom. The number of esters is 1. The van der Waals surface area contributed by atoms with E-state index in [1.165, 1.54) is 0 Å². The summed E-state index contributed by atoms with van der Waals surface area (Å²) in [6.07, 6.45) is 2.87. The summed E-state index contributed by atoms with van der Waals surface area (Å²) in [5.74, 6) is -0.347. The Hall–Kier alpha value is -2.43. The van der Waals surface area contributed by atoms with Gasteiger partial charge < -0.3 is 9.47 Å². The zero-order chi connectivity index (χ0) is 19.4. The average molecular weight is 369 g/mol. The summed E-state index contributed by atoms with van der Waals surface area (Å²) in [6, 6.07) is 7.66. The highest BCUT2D eigenvalue weighted by molar-refractivity contribution is 6.11. The van der Waals surface area contributed by atoms with Crippen LogP contribution in [0.25, 0.3) is 0 Å². The number of nitrogens with zero attached hydrogens (tertiary/aromatic N) is 1. The van der Waals surface area contributed by atoms with Crippen LogP contribution in [0.4, 0.5) is 0 Å². The first-order valence-electron chi connectivity index (χ1n) is 9.78. The van der Waals surface area contributed by atoms with Crippen molar-refractivity contribution in [3.63, 3.8) is 0 Å². The van der Waals surface area contributed by atoms with Gasteiger partial charge in [0.15, 0.2) is 0 Å². The number of carbonyl (C=O) groups excluding carboxylic acids is 2. The Kier molecular flexibility index (Phi) is 6.09. The van der Waals surface area contributed by atoms with Gasteiger partial charge in [-0.05, 0) is 39.2 Å². The van der Waals surface area contributed by atoms with Gasteiger partial charge in [0.1, 0.15) is 11.5 Å². The molecule has 0 amide bonds. The third-order valence-corrected chi connectivity index (χ3v) is 5.12. The Bertz CT molecular complexity index is 793. The minimum atomic E-state index is -0.409. The SMILES string of the molecule is CCCOC(=O)C1=C(C)N=C2CCCC(=O)[C@@H]2[C@H]1c1ccccc1OCC. The molecule has 1 aliphatic heterocycles. The lowest BCUT2D eigenvalue weighted by atomic mass is 9.69. The molecule has 1 aliphatic carbocycles. The van der Waals surface area contributed by atoms with Crippen LogP contribution in [0.2, 0.25) is 0 Å². The Labute approximate surface area is 160 Å². The normalized spacial score (nSPS) is 22.2. The molecule has 27 heavy (non-hydrogen) atoms. The van der Waals surface area contributed by atoms with Crippen LogP contribution in [0.1, 0.15) is 57.9 Å². The van der Waals surface area contributed by atoms with Crippen LogP contribution in [-0.2, 0) is 14.3 Å². The molecule has 0 radical (unpaired) electrons. The molecule has 0 bridgehead atoms. The van der Waals surface area contributed by atoms with Crippen molar-refractivity contribution < 1.29 is 19.1 Å². The van der Waals surface area contributed by atoms with E-state index in [1.807, 2.05) is 45.0 Å². The summed E-state index contributed by atoms with van der Waals surface area (Å²) in [7, 11) is 0. The van der Waals surface area contributed by atoms with Gasteiger partial charge in [-0.15, -0.1) is 0 Å². The number of aliphatic imine (C=N–C) groups is 1. The molecule has 3 rings (SSSR count). The van der Waals surface area contributed by atoms with Crippen LogP contribution in [0.15, 0.2) is 40.5 Å². The molecular formula is C22H27NO4. The van der Waals surface area contributed by atoms with E-state index in [0.717, 1.165) is 30.5 Å². The molecule has 1 aromatic carbocycles. The first kappa shape index (κ1) is 19.3. The fourth-order valence-corrected chi connectivity index (χ4v) is 4.02. The quantitative estimate of drug-likeness (QED) is 0.704. The standard InChI is InChI=1S/C22H27NO4/c1-4-13-27-22(25)19-14(3)23-16-10-8-11-17(24)21(16)20(19)15-9-6-7-12-18(15)26-5-2/h6-7,9,12,20-21H,4-5,8,10-11,13H2,1-3H3/t20-,21+/m0/s1. The highest BCUT2D eigenvalue weighted by Crippen LogP contribution is 2.45. The summed E-state index contributed by atoms with van der Waals surface area (Å²) >= 11 is 0. The number of para-hydroxylation sites is 1. The summed E-state index contributed by atoms with van der Waals surface area (Å²) in [4.78, 5) is 30.4. The lowest BCUT2D eigenvalue weighted by Gasteiger charge is -2.36. The average Bonchev–Trinajstić information content (AvgIpc) is 2.66. The fourth-order valence-electron chi connectivity index (χ4n) is 4.02. The number of benzene rings is 1. The van der Waals surface area contributed by atoms with Gasteiger partial charge in [0.2, 0.25) is 0 Å². The number of ketones is 1. The molecule has 5 heteroatoms. The maximum atomic E-state index is 12.9. The Morgan fingerprint density at radius 1 is 1.19 bits per heavy atom. The highest BCUT2D eigenvalue weighted by Gasteiger charge is 2.44. The molecule has 1 fully saturated rings. The molecule has 0 N–H and O–H groups in total. The van der Waals surface area contributed by atoms with Crippen molar-refractivity contribution in [2.24, 2.45) is 10.9 Å². The summed E-state index contributed by atoms with van der Waals surface area (Å²) in [5.41, 5.74) is 2.87. The molecule has 2 atom stereocenters. The van der Waals surface area contributed by atoms with E-state index in [4.69, 9.17) is 9.47 Å². The van der Waals surface area contributed by atoms with Crippen molar-refractivity contribution in [1.29, 1.82) is 0 Å². The number of hydrogen-bond donors (Lipinski definition) is 0. The zero-order valence-electron chi connectivity index (χ0n) is 16.3. The Balaban J connectivity index is 2.14. The summed E-state index contributed by atoms with van der Waals surface area (Å²) < 4.78 is 11.3. The third kappa shape index (κ3) is 3.82. The lowest BCUT2D eigenvalue weighted by molar-refractivity contribution is -0.139. The monoisotopic (exact) mass is 369 g/mol. The largest absolute Gasteiger partial charge is 0.494 e. The van der Waals surface area contributed by atoms with Crippen LogP contribution in [0.3, 0.4) is 0 Å². The first-order chi connectivity index (χ1) is 13.1. The molecule has 0 spiro atoms. The van der Waals surface area contributed by atoms with E-state index >= 15 is 0 Å². The minimum absolute atomic E-state index is 0.143. The first-order valence-corrected chi connectivity index (χ1v) is 9.78. The molecule has 0 aromatic heterocycles. The van der Waals surface area contributed by atoms with Crippen LogP contribution in [-0.4, -0.2) is 30.7 Å². The van der Waals surface area contributed by atoms with Gasteiger partial charge in [0.25, 0.3) is 0 Å². The highest BCUT2D eigenvalue weighted by atomic mass is 16.5. The molecule has 5 nitrogen and oxygen atoms in total. The predicted molar refractivity (Wildman–Crippen MR) is 104 cm³/mol. The molecule has 0 unspecified atom stereocenters. The topological polar surface area (TPSA) is 65.0 Å². The number of Topliss-reactive ketones (excluding diaryl/α,β-unsaturated/α-hetero) is 1. The number of fused-ring (bicyclic) bond motifs is 1. The van der Waals surface area contributed by atoms with Crippen LogP contribution in [0, 0.1) is 5.92 Å². The lowest BCUT2D eigenvalue weighted by Crippen LogP contribution is -2.39. The third-order valence-electron chi connectivity index (χ3n) is 5.12. The van der Waals surface area contributed by atoms with Crippen molar-refractivity contribution in [1.82, 2.24) is 0 Å². The van der Waals surface area contributed by atoms with Gasteiger partial charge in [-0.3, -0.25) is 9.79 Å². The molecule has 2 aliphatic rings. The second-order valence-corrected chi connectivity index (χ2v) is 6.98. The Morgan fingerprint density at radius 3 is 2.70 bits per heavy atom. The van der Waals surface area contributed by atoms with Gasteiger partial charge in [-0.1, -0.05) is 25.1 Å². The molecule has 0 saturated heterocycles. The van der Waals surface area contributed by atoms with E-state index in [0.29, 0.717) is 36.7 Å². The van der Waals surface area contributed by atoms with Crippen molar-refractivity contribution in [2.45, 2.75) is 52.4 Å². The van der Waals surface area contributed by atoms with Crippen LogP contribution >= 0.6 is 0 Å². The smallest absolute Gasteiger partial charge is 0.336 e. The van der Waals surface area contributed by atoms with Crippen molar-refractivity contribution in [3.8, 4) is 5.75 Å². The van der Waals surface area contributed by atoms with Gasteiger partial charge in [0, 0.05) is 29.3 Å². The summed E-state index contributed by atoms with van der Waals surface area (Å²) in [6.45, 7) is 6.58.